The molecule has 0 bridgehead atoms. The van der Waals surface area contributed by atoms with Gasteiger partial charge in [0.25, 0.3) is 0 Å². The highest BCUT2D eigenvalue weighted by molar-refractivity contribution is 9.10. The van der Waals surface area contributed by atoms with Gasteiger partial charge in [0.15, 0.2) is 0 Å². The third kappa shape index (κ3) is 4.00. The molecule has 2 aromatic rings. The Morgan fingerprint density at radius 2 is 1.81 bits per heavy atom. The van der Waals surface area contributed by atoms with E-state index in [1.54, 1.807) is 0 Å². The molecule has 0 heterocycles. The van der Waals surface area contributed by atoms with E-state index in [4.69, 9.17) is 16.3 Å². The number of ether oxygens (including phenoxy) is 1. The molecule has 1 unspecified atom stereocenters. The van der Waals surface area contributed by atoms with Gasteiger partial charge in [-0.1, -0.05) is 51.8 Å². The van der Waals surface area contributed by atoms with Crippen LogP contribution in [0.4, 0.5) is 0 Å². The first kappa shape index (κ1) is 16.3. The number of benzene rings is 2. The van der Waals surface area contributed by atoms with Crippen molar-refractivity contribution >= 4 is 27.5 Å². The highest BCUT2D eigenvalue weighted by Crippen LogP contribution is 2.35. The second kappa shape index (κ2) is 7.30. The monoisotopic (exact) mass is 367 g/mol. The van der Waals surface area contributed by atoms with Gasteiger partial charge in [0.1, 0.15) is 5.75 Å². The van der Waals surface area contributed by atoms with Gasteiger partial charge in [-0.25, -0.2) is 0 Å². The predicted molar refractivity (Wildman–Crippen MR) is 92.3 cm³/mol. The summed E-state index contributed by atoms with van der Waals surface area (Å²) < 4.78 is 6.91. The molecule has 2 aromatic carbocycles. The van der Waals surface area contributed by atoms with E-state index in [9.17, 15) is 0 Å². The molecule has 21 heavy (non-hydrogen) atoms. The van der Waals surface area contributed by atoms with Crippen molar-refractivity contribution < 1.29 is 4.74 Å². The molecule has 0 aliphatic rings. The van der Waals surface area contributed by atoms with Crippen LogP contribution in [0.2, 0.25) is 5.02 Å². The van der Waals surface area contributed by atoms with Gasteiger partial charge in [-0.15, -0.1) is 0 Å². The Labute approximate surface area is 139 Å². The Kier molecular flexibility index (Phi) is 5.68. The summed E-state index contributed by atoms with van der Waals surface area (Å²) in [6.07, 6.45) is 0.136. The minimum Gasteiger partial charge on any atom is -0.491 e. The fraction of sp³-hybridized carbons (Fsp3) is 0.294. The maximum Gasteiger partial charge on any atom is 0.124 e. The molecule has 2 rings (SSSR count). The van der Waals surface area contributed by atoms with Gasteiger partial charge < -0.3 is 10.1 Å². The van der Waals surface area contributed by atoms with E-state index >= 15 is 0 Å². The van der Waals surface area contributed by atoms with E-state index in [-0.39, 0.29) is 12.1 Å². The molecular weight excluding hydrogens is 350 g/mol. The normalized spacial score (nSPS) is 12.5. The number of rotatable bonds is 5. The summed E-state index contributed by atoms with van der Waals surface area (Å²) in [7, 11) is 1.94. The van der Waals surface area contributed by atoms with Crippen molar-refractivity contribution in [3.05, 3.63) is 63.1 Å². The summed E-state index contributed by atoms with van der Waals surface area (Å²) in [5, 5.41) is 4.07. The Hall–Kier alpha value is -1.03. The molecule has 2 nitrogen and oxygen atoms in total. The average molecular weight is 369 g/mol. The fourth-order valence-electron chi connectivity index (χ4n) is 2.29. The third-order valence-electron chi connectivity index (χ3n) is 3.15. The smallest absolute Gasteiger partial charge is 0.124 e. The standard InChI is InChI=1S/C17H19BrClNO/c1-11(2)21-16-7-5-4-6-14(16)17(20-3)13-9-8-12(19)10-15(13)18/h4-11,17,20H,1-3H3. The summed E-state index contributed by atoms with van der Waals surface area (Å²) in [5.41, 5.74) is 2.23. The maximum atomic E-state index is 6.04. The zero-order valence-corrected chi connectivity index (χ0v) is 14.7. The molecule has 0 amide bonds. The molecule has 4 heteroatoms. The van der Waals surface area contributed by atoms with Crippen LogP contribution in [0.1, 0.15) is 31.0 Å². The van der Waals surface area contributed by atoms with Crippen LogP contribution < -0.4 is 10.1 Å². The molecule has 0 aromatic heterocycles. The summed E-state index contributed by atoms with van der Waals surface area (Å²) in [5.74, 6) is 0.897. The molecule has 0 spiro atoms. The zero-order chi connectivity index (χ0) is 15.4. The van der Waals surface area contributed by atoms with E-state index in [1.165, 1.54) is 0 Å². The van der Waals surface area contributed by atoms with Crippen LogP contribution in [0.5, 0.6) is 5.75 Å². The molecule has 0 saturated heterocycles. The van der Waals surface area contributed by atoms with E-state index in [0.717, 1.165) is 21.3 Å². The van der Waals surface area contributed by atoms with Crippen molar-refractivity contribution in [3.63, 3.8) is 0 Å². The summed E-state index contributed by atoms with van der Waals surface area (Å²) in [6.45, 7) is 4.06. The van der Waals surface area contributed by atoms with Crippen LogP contribution >= 0.6 is 27.5 Å². The highest BCUT2D eigenvalue weighted by Gasteiger charge is 2.19. The van der Waals surface area contributed by atoms with E-state index in [0.29, 0.717) is 5.02 Å². The molecule has 1 atom stereocenters. The van der Waals surface area contributed by atoms with E-state index in [1.807, 2.05) is 57.3 Å². The largest absolute Gasteiger partial charge is 0.491 e. The van der Waals surface area contributed by atoms with Crippen LogP contribution in [0, 0.1) is 0 Å². The SMILES string of the molecule is CNC(c1ccc(Cl)cc1Br)c1ccccc1OC(C)C. The van der Waals surface area contributed by atoms with Gasteiger partial charge in [-0.3, -0.25) is 0 Å². The van der Waals surface area contributed by atoms with Gasteiger partial charge in [-0.2, -0.15) is 0 Å². The Balaban J connectivity index is 2.46. The van der Waals surface area contributed by atoms with Gasteiger partial charge >= 0.3 is 0 Å². The maximum absolute atomic E-state index is 6.04. The Bertz CT molecular complexity index is 615. The average Bonchev–Trinajstić information content (AvgIpc) is 2.43. The first-order valence-corrected chi connectivity index (χ1v) is 8.07. The minimum atomic E-state index is 0.0339. The molecule has 0 fully saturated rings. The van der Waals surface area contributed by atoms with Crippen molar-refractivity contribution in [3.8, 4) is 5.75 Å². The quantitative estimate of drug-likeness (QED) is 0.783. The van der Waals surface area contributed by atoms with E-state index < -0.39 is 0 Å². The van der Waals surface area contributed by atoms with Crippen LogP contribution in [0.3, 0.4) is 0 Å². The topological polar surface area (TPSA) is 21.3 Å². The highest BCUT2D eigenvalue weighted by atomic mass is 79.9. The van der Waals surface area contributed by atoms with Gasteiger partial charge in [0.2, 0.25) is 0 Å². The molecule has 0 aliphatic heterocycles. The number of para-hydroxylation sites is 1. The van der Waals surface area contributed by atoms with Crippen molar-refractivity contribution in [1.82, 2.24) is 5.32 Å². The summed E-state index contributed by atoms with van der Waals surface area (Å²) in [4.78, 5) is 0. The van der Waals surface area contributed by atoms with Crippen molar-refractivity contribution in [2.75, 3.05) is 7.05 Å². The van der Waals surface area contributed by atoms with Crippen LogP contribution in [0.25, 0.3) is 0 Å². The first-order valence-electron chi connectivity index (χ1n) is 6.90. The minimum absolute atomic E-state index is 0.0339. The second-order valence-corrected chi connectivity index (χ2v) is 6.38. The second-order valence-electron chi connectivity index (χ2n) is 5.09. The van der Waals surface area contributed by atoms with Crippen molar-refractivity contribution in [2.24, 2.45) is 0 Å². The fourth-order valence-corrected chi connectivity index (χ4v) is 3.21. The van der Waals surface area contributed by atoms with Crippen LogP contribution in [-0.2, 0) is 0 Å². The predicted octanol–water partition coefficient (Wildman–Crippen LogP) is 5.20. The molecule has 112 valence electrons. The number of hydrogen-bond donors (Lipinski definition) is 1. The van der Waals surface area contributed by atoms with Crippen molar-refractivity contribution in [2.45, 2.75) is 26.0 Å². The summed E-state index contributed by atoms with van der Waals surface area (Å²) >= 11 is 9.63. The van der Waals surface area contributed by atoms with Crippen LogP contribution in [0.15, 0.2) is 46.9 Å². The third-order valence-corrected chi connectivity index (χ3v) is 4.08. The van der Waals surface area contributed by atoms with Crippen LogP contribution in [-0.4, -0.2) is 13.2 Å². The lowest BCUT2D eigenvalue weighted by molar-refractivity contribution is 0.238. The number of halogens is 2. The van der Waals surface area contributed by atoms with Gasteiger partial charge in [0.05, 0.1) is 12.1 Å². The van der Waals surface area contributed by atoms with E-state index in [2.05, 4.69) is 27.3 Å². The van der Waals surface area contributed by atoms with Crippen molar-refractivity contribution in [1.29, 1.82) is 0 Å². The Morgan fingerprint density at radius 3 is 2.43 bits per heavy atom. The van der Waals surface area contributed by atoms with Gasteiger partial charge in [-0.05, 0) is 44.7 Å². The lowest BCUT2D eigenvalue weighted by atomic mass is 9.98. The Morgan fingerprint density at radius 1 is 1.10 bits per heavy atom. The number of nitrogens with one attached hydrogen (secondary N) is 1. The molecular formula is C17H19BrClNO. The zero-order valence-electron chi connectivity index (χ0n) is 12.4. The summed E-state index contributed by atoms with van der Waals surface area (Å²) in [6, 6.07) is 14.0. The lowest BCUT2D eigenvalue weighted by Gasteiger charge is -2.23. The molecule has 0 aliphatic carbocycles. The first-order chi connectivity index (χ1) is 10.0. The molecule has 1 N–H and O–H groups in total. The number of hydrogen-bond acceptors (Lipinski definition) is 2. The molecule has 0 radical (unpaired) electrons. The lowest BCUT2D eigenvalue weighted by Crippen LogP contribution is -2.20. The van der Waals surface area contributed by atoms with Gasteiger partial charge in [0, 0.05) is 15.1 Å². The molecule has 0 saturated carbocycles.